The van der Waals surface area contributed by atoms with Gasteiger partial charge >= 0.3 is 5.97 Å². The first-order chi connectivity index (χ1) is 8.00. The van der Waals surface area contributed by atoms with Crippen molar-refractivity contribution >= 4 is 11.9 Å². The summed E-state index contributed by atoms with van der Waals surface area (Å²) in [6.45, 7) is 2.00. The molecular weight excluding hydrogens is 222 g/mol. The van der Waals surface area contributed by atoms with Gasteiger partial charge in [-0.05, 0) is 19.8 Å². The summed E-state index contributed by atoms with van der Waals surface area (Å²) in [6.07, 6.45) is 5.19. The molecule has 2 N–H and O–H groups in total. The van der Waals surface area contributed by atoms with Crippen LogP contribution in [-0.2, 0) is 0 Å². The third-order valence-electron chi connectivity index (χ3n) is 3.19. The van der Waals surface area contributed by atoms with Crippen LogP contribution in [0.25, 0.3) is 0 Å². The SMILES string of the molecule is CC1(NC(=O)c2cc(C(=O)O)co2)CCCC1. The average Bonchev–Trinajstić information content (AvgIpc) is 2.86. The van der Waals surface area contributed by atoms with Gasteiger partial charge in [0.2, 0.25) is 0 Å². The molecule has 17 heavy (non-hydrogen) atoms. The van der Waals surface area contributed by atoms with Crippen molar-refractivity contribution in [3.63, 3.8) is 0 Å². The Labute approximate surface area is 98.8 Å². The van der Waals surface area contributed by atoms with Gasteiger partial charge in [-0.2, -0.15) is 0 Å². The molecule has 0 saturated heterocycles. The molecule has 0 spiro atoms. The monoisotopic (exact) mass is 237 g/mol. The number of carbonyl (C=O) groups is 2. The van der Waals surface area contributed by atoms with Crippen molar-refractivity contribution in [2.45, 2.75) is 38.1 Å². The lowest BCUT2D eigenvalue weighted by Crippen LogP contribution is -2.43. The summed E-state index contributed by atoms with van der Waals surface area (Å²) in [7, 11) is 0. The topological polar surface area (TPSA) is 79.5 Å². The van der Waals surface area contributed by atoms with Gasteiger partial charge in [0.15, 0.2) is 5.76 Å². The van der Waals surface area contributed by atoms with E-state index < -0.39 is 5.97 Å². The maximum absolute atomic E-state index is 11.8. The van der Waals surface area contributed by atoms with Crippen LogP contribution in [0.3, 0.4) is 0 Å². The van der Waals surface area contributed by atoms with E-state index >= 15 is 0 Å². The van der Waals surface area contributed by atoms with Crippen LogP contribution in [0, 0.1) is 0 Å². The minimum atomic E-state index is -1.10. The predicted octanol–water partition coefficient (Wildman–Crippen LogP) is 2.04. The summed E-state index contributed by atoms with van der Waals surface area (Å²) in [5.74, 6) is -1.39. The summed E-state index contributed by atoms with van der Waals surface area (Å²) in [5, 5.41) is 11.6. The lowest BCUT2D eigenvalue weighted by Gasteiger charge is -2.24. The van der Waals surface area contributed by atoms with Crippen molar-refractivity contribution < 1.29 is 19.1 Å². The second kappa shape index (κ2) is 4.24. The van der Waals surface area contributed by atoms with E-state index in [9.17, 15) is 9.59 Å². The van der Waals surface area contributed by atoms with Crippen molar-refractivity contribution in [3.8, 4) is 0 Å². The molecule has 1 aliphatic rings. The van der Waals surface area contributed by atoms with E-state index in [0.29, 0.717) is 0 Å². The molecule has 1 aromatic rings. The van der Waals surface area contributed by atoms with Crippen LogP contribution in [0.4, 0.5) is 0 Å². The Balaban J connectivity index is 2.06. The van der Waals surface area contributed by atoms with Gasteiger partial charge in [-0.15, -0.1) is 0 Å². The highest BCUT2D eigenvalue weighted by molar-refractivity contribution is 5.95. The molecule has 5 nitrogen and oxygen atoms in total. The first-order valence-corrected chi connectivity index (χ1v) is 5.64. The number of nitrogens with one attached hydrogen (secondary N) is 1. The summed E-state index contributed by atoms with van der Waals surface area (Å²) < 4.78 is 4.95. The van der Waals surface area contributed by atoms with Crippen LogP contribution in [0.5, 0.6) is 0 Å². The molecule has 0 aliphatic heterocycles. The number of hydrogen-bond acceptors (Lipinski definition) is 3. The van der Waals surface area contributed by atoms with Gasteiger partial charge in [-0.3, -0.25) is 4.79 Å². The molecule has 1 aliphatic carbocycles. The molecule has 0 aromatic carbocycles. The Kier molecular flexibility index (Phi) is 2.92. The largest absolute Gasteiger partial charge is 0.478 e. The standard InChI is InChI=1S/C12H15NO4/c1-12(4-2-3-5-12)13-10(14)9-6-8(7-17-9)11(15)16/h6-7H,2-5H2,1H3,(H,13,14)(H,15,16). The first-order valence-electron chi connectivity index (χ1n) is 5.64. The van der Waals surface area contributed by atoms with Crippen LogP contribution < -0.4 is 5.32 Å². The second-order valence-corrected chi connectivity index (χ2v) is 4.73. The van der Waals surface area contributed by atoms with Gasteiger partial charge in [-0.25, -0.2) is 4.79 Å². The molecule has 92 valence electrons. The number of carbonyl (C=O) groups excluding carboxylic acids is 1. The van der Waals surface area contributed by atoms with Crippen molar-refractivity contribution in [3.05, 3.63) is 23.7 Å². The molecule has 5 heteroatoms. The smallest absolute Gasteiger partial charge is 0.338 e. The van der Waals surface area contributed by atoms with Crippen LogP contribution in [0.2, 0.25) is 0 Å². The van der Waals surface area contributed by atoms with E-state index in [-0.39, 0.29) is 22.8 Å². The summed E-state index contributed by atoms with van der Waals surface area (Å²) in [4.78, 5) is 22.5. The maximum atomic E-state index is 11.8. The maximum Gasteiger partial charge on any atom is 0.338 e. The highest BCUT2D eigenvalue weighted by Gasteiger charge is 2.31. The molecular formula is C12H15NO4. The average molecular weight is 237 g/mol. The summed E-state index contributed by atoms with van der Waals surface area (Å²) in [5.41, 5.74) is -0.195. The minimum Gasteiger partial charge on any atom is -0.478 e. The molecule has 2 rings (SSSR count). The van der Waals surface area contributed by atoms with E-state index in [1.807, 2.05) is 6.92 Å². The van der Waals surface area contributed by atoms with Crippen molar-refractivity contribution in [1.82, 2.24) is 5.32 Å². The zero-order chi connectivity index (χ0) is 12.5. The Morgan fingerprint density at radius 3 is 2.59 bits per heavy atom. The van der Waals surface area contributed by atoms with Gasteiger partial charge in [0.05, 0.1) is 5.56 Å². The van der Waals surface area contributed by atoms with Crippen LogP contribution in [0.1, 0.15) is 53.5 Å². The number of amides is 1. The van der Waals surface area contributed by atoms with Crippen molar-refractivity contribution in [1.29, 1.82) is 0 Å². The number of hydrogen-bond donors (Lipinski definition) is 2. The molecule has 0 bridgehead atoms. The third-order valence-corrected chi connectivity index (χ3v) is 3.19. The van der Waals surface area contributed by atoms with E-state index in [1.165, 1.54) is 6.07 Å². The minimum absolute atomic E-state index is 0.00766. The number of aromatic carboxylic acids is 1. The van der Waals surface area contributed by atoms with E-state index in [0.717, 1.165) is 31.9 Å². The lowest BCUT2D eigenvalue weighted by atomic mass is 10.0. The van der Waals surface area contributed by atoms with Crippen LogP contribution in [-0.4, -0.2) is 22.5 Å². The van der Waals surface area contributed by atoms with E-state index in [2.05, 4.69) is 5.32 Å². The number of furan rings is 1. The molecule has 0 atom stereocenters. The number of carboxylic acid groups (broad SMARTS) is 1. The number of rotatable bonds is 3. The molecule has 0 unspecified atom stereocenters. The highest BCUT2D eigenvalue weighted by atomic mass is 16.4. The van der Waals surface area contributed by atoms with Crippen molar-refractivity contribution in [2.24, 2.45) is 0 Å². The van der Waals surface area contributed by atoms with Gasteiger partial charge in [0, 0.05) is 11.6 Å². The molecule has 1 saturated carbocycles. The fourth-order valence-electron chi connectivity index (χ4n) is 2.18. The van der Waals surface area contributed by atoms with E-state index in [1.54, 1.807) is 0 Å². The molecule has 1 fully saturated rings. The Morgan fingerprint density at radius 2 is 2.06 bits per heavy atom. The van der Waals surface area contributed by atoms with E-state index in [4.69, 9.17) is 9.52 Å². The zero-order valence-electron chi connectivity index (χ0n) is 9.66. The molecule has 0 radical (unpaired) electrons. The van der Waals surface area contributed by atoms with Gasteiger partial charge in [-0.1, -0.05) is 12.8 Å². The Hall–Kier alpha value is -1.78. The highest BCUT2D eigenvalue weighted by Crippen LogP contribution is 2.29. The van der Waals surface area contributed by atoms with Gasteiger partial charge in [0.25, 0.3) is 5.91 Å². The predicted molar refractivity (Wildman–Crippen MR) is 60.0 cm³/mol. The van der Waals surface area contributed by atoms with Gasteiger partial charge < -0.3 is 14.8 Å². The fraction of sp³-hybridized carbons (Fsp3) is 0.500. The third kappa shape index (κ3) is 2.49. The summed E-state index contributed by atoms with van der Waals surface area (Å²) in [6, 6.07) is 1.25. The second-order valence-electron chi connectivity index (χ2n) is 4.73. The number of carboxylic acids is 1. The molecule has 1 heterocycles. The quantitative estimate of drug-likeness (QED) is 0.843. The lowest BCUT2D eigenvalue weighted by molar-refractivity contribution is 0.0695. The molecule has 1 aromatic heterocycles. The molecule has 1 amide bonds. The van der Waals surface area contributed by atoms with Crippen molar-refractivity contribution in [2.75, 3.05) is 0 Å². The zero-order valence-corrected chi connectivity index (χ0v) is 9.66. The Bertz CT molecular complexity index is 443. The normalized spacial score (nSPS) is 17.9. The summed E-state index contributed by atoms with van der Waals surface area (Å²) >= 11 is 0. The van der Waals surface area contributed by atoms with Crippen LogP contribution in [0.15, 0.2) is 16.7 Å². The van der Waals surface area contributed by atoms with Crippen LogP contribution >= 0.6 is 0 Å². The Morgan fingerprint density at radius 1 is 1.41 bits per heavy atom. The first kappa shape index (κ1) is 11.7. The fourth-order valence-corrected chi connectivity index (χ4v) is 2.18. The van der Waals surface area contributed by atoms with Gasteiger partial charge in [0.1, 0.15) is 6.26 Å².